The average Bonchev–Trinajstić information content (AvgIpc) is 2.74. The van der Waals surface area contributed by atoms with Gasteiger partial charge in [0.05, 0.1) is 0 Å². The molecule has 0 aromatic heterocycles. The highest BCUT2D eigenvalue weighted by molar-refractivity contribution is 4.89. The van der Waals surface area contributed by atoms with E-state index in [2.05, 4.69) is 29.1 Å². The zero-order valence-corrected chi connectivity index (χ0v) is 9.50. The van der Waals surface area contributed by atoms with Gasteiger partial charge in [0.25, 0.3) is 0 Å². The molecule has 3 nitrogen and oxygen atoms in total. The minimum absolute atomic E-state index is 0.755. The van der Waals surface area contributed by atoms with Gasteiger partial charge in [-0.25, -0.2) is 0 Å². The summed E-state index contributed by atoms with van der Waals surface area (Å²) < 4.78 is 0. The van der Waals surface area contributed by atoms with Gasteiger partial charge in [-0.3, -0.25) is 4.90 Å². The first-order valence-corrected chi connectivity index (χ1v) is 5.95. The van der Waals surface area contributed by atoms with E-state index in [9.17, 15) is 0 Å². The van der Waals surface area contributed by atoms with Gasteiger partial charge in [-0.1, -0.05) is 6.92 Å². The van der Waals surface area contributed by atoms with Gasteiger partial charge in [0, 0.05) is 31.7 Å². The van der Waals surface area contributed by atoms with Crippen LogP contribution in [0.15, 0.2) is 0 Å². The Hall–Kier alpha value is -0.120. The molecule has 2 fully saturated rings. The summed E-state index contributed by atoms with van der Waals surface area (Å²) in [6.45, 7) is 8.45. The van der Waals surface area contributed by atoms with Gasteiger partial charge in [-0.15, -0.1) is 0 Å². The third-order valence-corrected chi connectivity index (χ3v) is 3.60. The van der Waals surface area contributed by atoms with E-state index in [0.717, 1.165) is 18.6 Å². The summed E-state index contributed by atoms with van der Waals surface area (Å²) in [5.41, 5.74) is 0. The first-order chi connectivity index (χ1) is 6.79. The molecule has 0 aromatic rings. The molecule has 3 heteroatoms. The van der Waals surface area contributed by atoms with Gasteiger partial charge >= 0.3 is 0 Å². The number of likely N-dealkylation sites (N-methyl/N-ethyl adjacent to an activating group) is 2. The van der Waals surface area contributed by atoms with Crippen LogP contribution in [-0.4, -0.2) is 61.7 Å². The summed E-state index contributed by atoms with van der Waals surface area (Å²) in [5, 5.41) is 3.55. The molecule has 0 aliphatic carbocycles. The van der Waals surface area contributed by atoms with Crippen molar-refractivity contribution in [2.45, 2.75) is 31.8 Å². The number of rotatable bonds is 3. The molecule has 0 saturated carbocycles. The molecule has 2 atom stereocenters. The third kappa shape index (κ3) is 2.27. The van der Waals surface area contributed by atoms with E-state index in [4.69, 9.17) is 0 Å². The van der Waals surface area contributed by atoms with Crippen molar-refractivity contribution in [1.29, 1.82) is 0 Å². The van der Waals surface area contributed by atoms with Crippen molar-refractivity contribution in [1.82, 2.24) is 15.1 Å². The van der Waals surface area contributed by atoms with Crippen LogP contribution in [-0.2, 0) is 0 Å². The summed E-state index contributed by atoms with van der Waals surface area (Å²) in [6, 6.07) is 1.59. The van der Waals surface area contributed by atoms with E-state index < -0.39 is 0 Å². The first kappa shape index (κ1) is 10.4. The van der Waals surface area contributed by atoms with Gasteiger partial charge in [0.15, 0.2) is 0 Å². The average molecular weight is 197 g/mol. The summed E-state index contributed by atoms with van der Waals surface area (Å²) in [6.07, 6.45) is 2.71. The van der Waals surface area contributed by atoms with E-state index in [1.165, 1.54) is 39.0 Å². The molecule has 2 aliphatic rings. The molecular weight excluding hydrogens is 174 g/mol. The van der Waals surface area contributed by atoms with E-state index >= 15 is 0 Å². The van der Waals surface area contributed by atoms with Crippen LogP contribution in [0.1, 0.15) is 19.8 Å². The standard InChI is InChI=1S/C11H23N3/c1-3-12-10-4-7-14(8-10)11-5-6-13(2)9-11/h10-12H,3-9H2,1-2H3. The lowest BCUT2D eigenvalue weighted by Crippen LogP contribution is -2.38. The molecule has 0 aromatic carbocycles. The van der Waals surface area contributed by atoms with Gasteiger partial charge in [0.1, 0.15) is 0 Å². The van der Waals surface area contributed by atoms with Gasteiger partial charge in [0.2, 0.25) is 0 Å². The summed E-state index contributed by atoms with van der Waals surface area (Å²) >= 11 is 0. The van der Waals surface area contributed by atoms with Crippen molar-refractivity contribution < 1.29 is 0 Å². The van der Waals surface area contributed by atoms with Crippen molar-refractivity contribution in [2.75, 3.05) is 39.8 Å². The van der Waals surface area contributed by atoms with Crippen molar-refractivity contribution in [3.63, 3.8) is 0 Å². The normalized spacial score (nSPS) is 35.6. The van der Waals surface area contributed by atoms with Crippen molar-refractivity contribution in [2.24, 2.45) is 0 Å². The topological polar surface area (TPSA) is 18.5 Å². The van der Waals surface area contributed by atoms with Crippen LogP contribution in [0.25, 0.3) is 0 Å². The van der Waals surface area contributed by atoms with Crippen LogP contribution in [0.3, 0.4) is 0 Å². The van der Waals surface area contributed by atoms with Crippen LogP contribution >= 0.6 is 0 Å². The van der Waals surface area contributed by atoms with E-state index in [1.807, 2.05) is 0 Å². The molecular formula is C11H23N3. The molecule has 2 rings (SSSR count). The lowest BCUT2D eigenvalue weighted by Gasteiger charge is -2.23. The summed E-state index contributed by atoms with van der Waals surface area (Å²) in [4.78, 5) is 5.13. The van der Waals surface area contributed by atoms with Crippen LogP contribution in [0.4, 0.5) is 0 Å². The summed E-state index contributed by atoms with van der Waals surface area (Å²) in [5.74, 6) is 0. The highest BCUT2D eigenvalue weighted by Gasteiger charge is 2.30. The molecule has 2 heterocycles. The molecule has 0 spiro atoms. The molecule has 0 bridgehead atoms. The second kappa shape index (κ2) is 4.60. The fraction of sp³-hybridized carbons (Fsp3) is 1.00. The lowest BCUT2D eigenvalue weighted by atomic mass is 10.2. The van der Waals surface area contributed by atoms with Crippen LogP contribution < -0.4 is 5.32 Å². The fourth-order valence-corrected chi connectivity index (χ4v) is 2.78. The maximum absolute atomic E-state index is 3.55. The van der Waals surface area contributed by atoms with Crippen LogP contribution in [0, 0.1) is 0 Å². The van der Waals surface area contributed by atoms with Crippen molar-refractivity contribution >= 4 is 0 Å². The van der Waals surface area contributed by atoms with Crippen molar-refractivity contribution in [3.05, 3.63) is 0 Å². The third-order valence-electron chi connectivity index (χ3n) is 3.60. The Morgan fingerprint density at radius 3 is 2.71 bits per heavy atom. The lowest BCUT2D eigenvalue weighted by molar-refractivity contribution is 0.237. The minimum atomic E-state index is 0.755. The van der Waals surface area contributed by atoms with E-state index in [1.54, 1.807) is 0 Å². The molecule has 2 aliphatic heterocycles. The van der Waals surface area contributed by atoms with Crippen LogP contribution in [0.2, 0.25) is 0 Å². The predicted octanol–water partition coefficient (Wildman–Crippen LogP) is 0.374. The molecule has 2 saturated heterocycles. The Morgan fingerprint density at radius 1 is 1.21 bits per heavy atom. The van der Waals surface area contributed by atoms with E-state index in [0.29, 0.717) is 0 Å². The monoisotopic (exact) mass is 197 g/mol. The maximum Gasteiger partial charge on any atom is 0.0235 e. The molecule has 1 N–H and O–H groups in total. The Labute approximate surface area is 87.4 Å². The molecule has 82 valence electrons. The molecule has 2 unspecified atom stereocenters. The Bertz CT molecular complexity index is 183. The quantitative estimate of drug-likeness (QED) is 0.705. The van der Waals surface area contributed by atoms with Gasteiger partial charge < -0.3 is 10.2 Å². The second-order valence-corrected chi connectivity index (χ2v) is 4.74. The molecule has 0 amide bonds. The number of likely N-dealkylation sites (tertiary alicyclic amines) is 2. The smallest absolute Gasteiger partial charge is 0.0235 e. The SMILES string of the molecule is CCNC1CCN(C2CCN(C)C2)C1. The molecule has 14 heavy (non-hydrogen) atoms. The zero-order valence-electron chi connectivity index (χ0n) is 9.50. The maximum atomic E-state index is 3.55. The van der Waals surface area contributed by atoms with Gasteiger partial charge in [-0.05, 0) is 33.0 Å². The largest absolute Gasteiger partial charge is 0.313 e. The molecule has 0 radical (unpaired) electrons. The van der Waals surface area contributed by atoms with Gasteiger partial charge in [-0.2, -0.15) is 0 Å². The Morgan fingerprint density at radius 2 is 2.07 bits per heavy atom. The second-order valence-electron chi connectivity index (χ2n) is 4.74. The first-order valence-electron chi connectivity index (χ1n) is 5.95. The van der Waals surface area contributed by atoms with E-state index in [-0.39, 0.29) is 0 Å². The summed E-state index contributed by atoms with van der Waals surface area (Å²) in [7, 11) is 2.23. The number of hydrogen-bond acceptors (Lipinski definition) is 3. The predicted molar refractivity (Wildman–Crippen MR) is 59.6 cm³/mol. The number of nitrogens with one attached hydrogen (secondary N) is 1. The highest BCUT2D eigenvalue weighted by Crippen LogP contribution is 2.19. The fourth-order valence-electron chi connectivity index (χ4n) is 2.78. The Kier molecular flexibility index (Phi) is 3.42. The number of hydrogen-bond donors (Lipinski definition) is 1. The Balaban J connectivity index is 1.78. The minimum Gasteiger partial charge on any atom is -0.313 e. The van der Waals surface area contributed by atoms with Crippen molar-refractivity contribution in [3.8, 4) is 0 Å². The number of nitrogens with zero attached hydrogens (tertiary/aromatic N) is 2. The highest BCUT2D eigenvalue weighted by atomic mass is 15.3. The van der Waals surface area contributed by atoms with Crippen LogP contribution in [0.5, 0.6) is 0 Å². The zero-order chi connectivity index (χ0) is 9.97.